The van der Waals surface area contributed by atoms with Crippen molar-refractivity contribution in [1.82, 2.24) is 0 Å². The lowest BCUT2D eigenvalue weighted by Gasteiger charge is -2.22. The summed E-state index contributed by atoms with van der Waals surface area (Å²) in [5.74, 6) is 0.188. The Morgan fingerprint density at radius 3 is 1.80 bits per heavy atom. The van der Waals surface area contributed by atoms with E-state index in [-0.39, 0.29) is 22.5 Å². The third-order valence-corrected chi connectivity index (χ3v) is 5.63. The zero-order chi connectivity index (χ0) is 19.4. The molecule has 0 atom stereocenters. The van der Waals surface area contributed by atoms with E-state index in [4.69, 9.17) is 4.18 Å². The van der Waals surface area contributed by atoms with Crippen molar-refractivity contribution in [2.24, 2.45) is 0 Å². The van der Waals surface area contributed by atoms with Gasteiger partial charge in [0.1, 0.15) is 11.5 Å². The molecule has 0 spiro atoms. The first-order chi connectivity index (χ1) is 11.5. The topological polar surface area (TPSA) is 60.4 Å². The van der Waals surface area contributed by atoms with Crippen molar-refractivity contribution < 1.29 is 17.4 Å². The second kappa shape index (κ2) is 8.95. The fraction of sp³-hybridized carbons (Fsp3) is 0.650. The van der Waals surface area contributed by atoms with Gasteiger partial charge >= 0.3 is 0 Å². The van der Waals surface area contributed by atoms with E-state index in [9.17, 15) is 13.2 Å². The molecule has 0 aliphatic carbocycles. The van der Waals surface area contributed by atoms with Crippen LogP contribution in [0.5, 0.6) is 0 Å². The van der Waals surface area contributed by atoms with Gasteiger partial charge in [0.15, 0.2) is 5.78 Å². The van der Waals surface area contributed by atoms with Gasteiger partial charge in [0.05, 0.1) is 0 Å². The summed E-state index contributed by atoms with van der Waals surface area (Å²) in [7, 11) is -3.99. The molecule has 0 bridgehead atoms. The molecule has 0 aliphatic rings. The fourth-order valence-electron chi connectivity index (χ4n) is 2.73. The van der Waals surface area contributed by atoms with Crippen LogP contribution in [0, 0.1) is 0 Å². The van der Waals surface area contributed by atoms with Gasteiger partial charge in [-0.05, 0) is 40.9 Å². The molecule has 142 valence electrons. The number of ketones is 1. The van der Waals surface area contributed by atoms with Gasteiger partial charge in [-0.25, -0.2) is 0 Å². The Hall–Kier alpha value is -1.20. The van der Waals surface area contributed by atoms with E-state index in [2.05, 4.69) is 13.8 Å². The first-order valence-electron chi connectivity index (χ1n) is 9.10. The molecule has 5 heteroatoms. The van der Waals surface area contributed by atoms with Gasteiger partial charge in [-0.15, -0.1) is 0 Å². The molecule has 1 rings (SSSR count). The fourth-order valence-corrected chi connectivity index (χ4v) is 4.30. The van der Waals surface area contributed by atoms with Crippen LogP contribution in [0.3, 0.4) is 0 Å². The third kappa shape index (κ3) is 5.65. The van der Waals surface area contributed by atoms with E-state index in [0.29, 0.717) is 18.8 Å². The second-order valence-corrected chi connectivity index (χ2v) is 9.05. The maximum absolute atomic E-state index is 12.9. The molecule has 4 nitrogen and oxygen atoms in total. The van der Waals surface area contributed by atoms with E-state index in [1.165, 1.54) is 0 Å². The lowest BCUT2D eigenvalue weighted by Crippen LogP contribution is -2.18. The minimum Gasteiger partial charge on any atom is -0.297 e. The number of Topliss-reactive ketones (excluding diaryl/α,β-unsaturated/α-hetero) is 1. The molecule has 0 aromatic heterocycles. The predicted molar refractivity (Wildman–Crippen MR) is 102 cm³/mol. The molecule has 1 aromatic rings. The van der Waals surface area contributed by atoms with Crippen LogP contribution in [-0.2, 0) is 19.1 Å². The van der Waals surface area contributed by atoms with Crippen molar-refractivity contribution in [3.63, 3.8) is 0 Å². The van der Waals surface area contributed by atoms with E-state index >= 15 is 0 Å². The van der Waals surface area contributed by atoms with Gasteiger partial charge in [0, 0.05) is 6.42 Å². The van der Waals surface area contributed by atoms with Crippen LogP contribution < -0.4 is 0 Å². The Morgan fingerprint density at radius 1 is 0.960 bits per heavy atom. The molecular formula is C20H32O4S. The van der Waals surface area contributed by atoms with Gasteiger partial charge in [-0.2, -0.15) is 8.42 Å². The van der Waals surface area contributed by atoms with Crippen molar-refractivity contribution in [2.75, 3.05) is 6.61 Å². The quantitative estimate of drug-likeness (QED) is 0.567. The molecule has 25 heavy (non-hydrogen) atoms. The van der Waals surface area contributed by atoms with Crippen LogP contribution in [0.25, 0.3) is 0 Å². The molecule has 0 saturated heterocycles. The zero-order valence-electron chi connectivity index (χ0n) is 16.5. The van der Waals surface area contributed by atoms with Crippen molar-refractivity contribution in [1.29, 1.82) is 0 Å². The first kappa shape index (κ1) is 21.8. The highest BCUT2D eigenvalue weighted by Crippen LogP contribution is 2.35. The van der Waals surface area contributed by atoms with Crippen LogP contribution in [0.4, 0.5) is 0 Å². The molecular weight excluding hydrogens is 336 g/mol. The molecule has 0 heterocycles. The van der Waals surface area contributed by atoms with Crippen molar-refractivity contribution >= 4 is 15.9 Å². The lowest BCUT2D eigenvalue weighted by atomic mass is 9.89. The maximum Gasteiger partial charge on any atom is 0.297 e. The zero-order valence-corrected chi connectivity index (χ0v) is 17.4. The van der Waals surface area contributed by atoms with Gasteiger partial charge in [0.25, 0.3) is 10.1 Å². The van der Waals surface area contributed by atoms with E-state index < -0.39 is 16.7 Å². The van der Waals surface area contributed by atoms with Crippen LogP contribution in [0.15, 0.2) is 17.0 Å². The summed E-state index contributed by atoms with van der Waals surface area (Å²) >= 11 is 0. The number of rotatable bonds is 9. The molecule has 0 saturated carbocycles. The predicted octanol–water partition coefficient (Wildman–Crippen LogP) is 5.13. The average molecular weight is 369 g/mol. The number of benzene rings is 1. The van der Waals surface area contributed by atoms with Crippen LogP contribution >= 0.6 is 0 Å². The summed E-state index contributed by atoms with van der Waals surface area (Å²) in [6.07, 6.45) is 1.01. The van der Waals surface area contributed by atoms with Crippen molar-refractivity contribution in [3.05, 3.63) is 28.8 Å². The van der Waals surface area contributed by atoms with Gasteiger partial charge in [-0.1, -0.05) is 60.6 Å². The summed E-state index contributed by atoms with van der Waals surface area (Å²) in [6.45, 7) is 13.6. The van der Waals surface area contributed by atoms with E-state index in [0.717, 1.165) is 16.7 Å². The Labute approximate surface area is 153 Å². The molecule has 0 fully saturated rings. The Bertz CT molecular complexity index is 671. The Kier molecular flexibility index (Phi) is 7.82. The summed E-state index contributed by atoms with van der Waals surface area (Å²) in [6, 6.07) is 3.93. The van der Waals surface area contributed by atoms with Crippen molar-refractivity contribution in [3.8, 4) is 0 Å². The third-order valence-electron chi connectivity index (χ3n) is 4.23. The van der Waals surface area contributed by atoms with Crippen LogP contribution in [0.2, 0.25) is 0 Å². The van der Waals surface area contributed by atoms with Gasteiger partial charge in [0.2, 0.25) is 0 Å². The Balaban J connectivity index is 3.47. The number of hydrogen-bond acceptors (Lipinski definition) is 4. The smallest absolute Gasteiger partial charge is 0.297 e. The van der Waals surface area contributed by atoms with Crippen LogP contribution in [-0.4, -0.2) is 20.8 Å². The highest BCUT2D eigenvalue weighted by molar-refractivity contribution is 7.86. The maximum atomic E-state index is 12.9. The minimum absolute atomic E-state index is 0.0379. The number of hydrogen-bond donors (Lipinski definition) is 0. The minimum atomic E-state index is -3.99. The van der Waals surface area contributed by atoms with Crippen molar-refractivity contribution in [2.45, 2.75) is 84.0 Å². The normalized spacial score (nSPS) is 12.4. The van der Waals surface area contributed by atoms with Gasteiger partial charge < -0.3 is 0 Å². The van der Waals surface area contributed by atoms with Crippen LogP contribution in [0.1, 0.15) is 95.8 Å². The molecule has 0 aliphatic heterocycles. The summed E-state index contributed by atoms with van der Waals surface area (Å²) in [5.41, 5.74) is 2.64. The van der Waals surface area contributed by atoms with E-state index in [1.807, 2.05) is 46.8 Å². The molecule has 0 N–H and O–H groups in total. The molecule has 0 unspecified atom stereocenters. The summed E-state index contributed by atoms with van der Waals surface area (Å²) in [5, 5.41) is 0. The molecule has 0 radical (unpaired) electrons. The average Bonchev–Trinajstić information content (AvgIpc) is 2.51. The number of carbonyl (C=O) groups excluding carboxylic acids is 1. The first-order valence-corrected chi connectivity index (χ1v) is 10.5. The number of carbonyl (C=O) groups is 1. The largest absolute Gasteiger partial charge is 0.297 e. The summed E-state index contributed by atoms with van der Waals surface area (Å²) < 4.78 is 30.9. The summed E-state index contributed by atoms with van der Waals surface area (Å²) in [4.78, 5) is 12.0. The van der Waals surface area contributed by atoms with Gasteiger partial charge in [-0.3, -0.25) is 8.98 Å². The lowest BCUT2D eigenvalue weighted by molar-refractivity contribution is -0.121. The molecule has 0 amide bonds. The highest BCUT2D eigenvalue weighted by Gasteiger charge is 2.28. The molecule has 1 aromatic carbocycles. The standard InChI is InChI=1S/C20H32O4S/c1-8-9-17(21)12-24-25(22,23)20-18(14(4)5)10-16(13(2)3)11-19(20)15(6)7/h10-11,13-15H,8-9,12H2,1-7H3. The second-order valence-electron chi connectivity index (χ2n) is 7.50. The SMILES string of the molecule is CCCC(=O)COS(=O)(=O)c1c(C(C)C)cc(C(C)C)cc1C(C)C. The monoisotopic (exact) mass is 368 g/mol. The Morgan fingerprint density at radius 2 is 1.44 bits per heavy atom. The van der Waals surface area contributed by atoms with E-state index in [1.54, 1.807) is 0 Å². The highest BCUT2D eigenvalue weighted by atomic mass is 32.2.